The highest BCUT2D eigenvalue weighted by atomic mass is 16.6. The van der Waals surface area contributed by atoms with Crippen LogP contribution in [0.15, 0.2) is 19.0 Å². The molecule has 98 valence electrons. The fourth-order valence-electron chi connectivity index (χ4n) is 1.15. The van der Waals surface area contributed by atoms with Gasteiger partial charge in [0.2, 0.25) is 5.82 Å². The first-order valence-corrected chi connectivity index (χ1v) is 5.16. The molecule has 0 bridgehead atoms. The van der Waals surface area contributed by atoms with Crippen molar-refractivity contribution in [3.63, 3.8) is 0 Å². The lowest BCUT2D eigenvalue weighted by Gasteiger charge is -2.07. The van der Waals surface area contributed by atoms with Gasteiger partial charge in [-0.2, -0.15) is 4.98 Å². The van der Waals surface area contributed by atoms with Gasteiger partial charge in [0.15, 0.2) is 0 Å². The minimum atomic E-state index is -0.590. The summed E-state index contributed by atoms with van der Waals surface area (Å²) in [6.07, 6.45) is 2.76. The van der Waals surface area contributed by atoms with Crippen molar-refractivity contribution in [2.45, 2.75) is 0 Å². The van der Waals surface area contributed by atoms with Gasteiger partial charge in [-0.1, -0.05) is 6.08 Å². The summed E-state index contributed by atoms with van der Waals surface area (Å²) in [6, 6.07) is 0. The number of hydrogen-bond donors (Lipinski definition) is 1. The van der Waals surface area contributed by atoms with E-state index in [2.05, 4.69) is 21.9 Å². The normalized spacial score (nSPS) is 9.83. The Morgan fingerprint density at radius 1 is 1.56 bits per heavy atom. The van der Waals surface area contributed by atoms with Crippen molar-refractivity contribution in [1.29, 1.82) is 0 Å². The first kappa shape index (κ1) is 13.8. The first-order valence-electron chi connectivity index (χ1n) is 5.16. The zero-order valence-corrected chi connectivity index (χ0v) is 9.96. The molecular formula is C10H14N4O4. The Bertz CT molecular complexity index is 424. The second-order valence-corrected chi connectivity index (χ2v) is 3.14. The SMILES string of the molecule is C=CCNc1ncnc(OCCOC)c1[N+](=O)[O-]. The summed E-state index contributed by atoms with van der Waals surface area (Å²) >= 11 is 0. The van der Waals surface area contributed by atoms with Crippen molar-refractivity contribution >= 4 is 11.5 Å². The maximum atomic E-state index is 11.0. The Morgan fingerprint density at radius 3 is 2.94 bits per heavy atom. The van der Waals surface area contributed by atoms with Gasteiger partial charge in [0.1, 0.15) is 12.9 Å². The van der Waals surface area contributed by atoms with Gasteiger partial charge in [-0.25, -0.2) is 4.98 Å². The van der Waals surface area contributed by atoms with Crippen molar-refractivity contribution in [3.8, 4) is 5.88 Å². The second-order valence-electron chi connectivity index (χ2n) is 3.14. The summed E-state index contributed by atoms with van der Waals surface area (Å²) in [5.41, 5.74) is -0.296. The predicted octanol–water partition coefficient (Wildman–Crippen LogP) is 1.01. The van der Waals surface area contributed by atoms with E-state index < -0.39 is 4.92 Å². The molecule has 0 unspecified atom stereocenters. The number of aromatic nitrogens is 2. The highest BCUT2D eigenvalue weighted by Crippen LogP contribution is 2.30. The van der Waals surface area contributed by atoms with Gasteiger partial charge in [0.05, 0.1) is 11.5 Å². The minimum absolute atomic E-state index is 0.0846. The summed E-state index contributed by atoms with van der Waals surface area (Å²) in [6.45, 7) is 4.36. The summed E-state index contributed by atoms with van der Waals surface area (Å²) in [7, 11) is 1.51. The molecule has 0 aliphatic carbocycles. The lowest BCUT2D eigenvalue weighted by Crippen LogP contribution is -2.10. The van der Waals surface area contributed by atoms with Gasteiger partial charge in [0, 0.05) is 13.7 Å². The van der Waals surface area contributed by atoms with Crippen LogP contribution in [0.1, 0.15) is 0 Å². The fourth-order valence-corrected chi connectivity index (χ4v) is 1.15. The summed E-state index contributed by atoms with van der Waals surface area (Å²) in [5, 5.41) is 13.7. The van der Waals surface area contributed by atoms with E-state index in [1.54, 1.807) is 6.08 Å². The summed E-state index contributed by atoms with van der Waals surface area (Å²) in [4.78, 5) is 17.9. The molecule has 1 aromatic rings. The van der Waals surface area contributed by atoms with Crippen LogP contribution in [0.25, 0.3) is 0 Å². The molecule has 1 rings (SSSR count). The number of methoxy groups -OCH3 is 1. The van der Waals surface area contributed by atoms with Gasteiger partial charge in [-0.05, 0) is 0 Å². The minimum Gasteiger partial charge on any atom is -0.470 e. The molecule has 1 aromatic heterocycles. The van der Waals surface area contributed by atoms with E-state index in [4.69, 9.17) is 9.47 Å². The predicted molar refractivity (Wildman–Crippen MR) is 64.7 cm³/mol. The number of nitrogens with one attached hydrogen (secondary N) is 1. The molecule has 0 fully saturated rings. The van der Waals surface area contributed by atoms with Crippen molar-refractivity contribution in [1.82, 2.24) is 9.97 Å². The Hall–Kier alpha value is -2.22. The lowest BCUT2D eigenvalue weighted by molar-refractivity contribution is -0.385. The molecule has 0 amide bonds. The number of hydrogen-bond acceptors (Lipinski definition) is 7. The van der Waals surface area contributed by atoms with E-state index in [0.717, 1.165) is 0 Å². The zero-order chi connectivity index (χ0) is 13.4. The van der Waals surface area contributed by atoms with Crippen LogP contribution in [-0.4, -0.2) is 41.8 Å². The smallest absolute Gasteiger partial charge is 0.372 e. The Kier molecular flexibility index (Phi) is 5.52. The average Bonchev–Trinajstić information content (AvgIpc) is 2.36. The van der Waals surface area contributed by atoms with E-state index in [9.17, 15) is 10.1 Å². The second kappa shape index (κ2) is 7.17. The standard InChI is InChI=1S/C10H14N4O4/c1-3-4-11-9-8(14(15)16)10(13-7-12-9)18-6-5-17-2/h3,7H,1,4-6H2,2H3,(H,11,12,13). The Labute approximate surface area is 104 Å². The molecule has 0 aliphatic rings. The molecule has 0 saturated heterocycles. The van der Waals surface area contributed by atoms with Crippen LogP contribution in [-0.2, 0) is 4.74 Å². The number of anilines is 1. The lowest BCUT2D eigenvalue weighted by atomic mass is 10.4. The largest absolute Gasteiger partial charge is 0.470 e. The van der Waals surface area contributed by atoms with E-state index in [0.29, 0.717) is 13.2 Å². The zero-order valence-electron chi connectivity index (χ0n) is 9.96. The molecule has 0 atom stereocenters. The van der Waals surface area contributed by atoms with Crippen LogP contribution in [0.4, 0.5) is 11.5 Å². The maximum Gasteiger partial charge on any atom is 0.372 e. The third kappa shape index (κ3) is 3.67. The first-order chi connectivity index (χ1) is 8.70. The molecule has 18 heavy (non-hydrogen) atoms. The highest BCUT2D eigenvalue weighted by Gasteiger charge is 2.23. The number of nitrogens with zero attached hydrogens (tertiary/aromatic N) is 3. The molecule has 8 heteroatoms. The van der Waals surface area contributed by atoms with Crippen LogP contribution in [0.3, 0.4) is 0 Å². The summed E-state index contributed by atoms with van der Waals surface area (Å²) < 4.78 is 9.97. The molecule has 0 aliphatic heterocycles. The summed E-state index contributed by atoms with van der Waals surface area (Å²) in [5.74, 6) is 0.0147. The van der Waals surface area contributed by atoms with Crippen molar-refractivity contribution in [3.05, 3.63) is 29.1 Å². The average molecular weight is 254 g/mol. The number of rotatable bonds is 8. The number of ether oxygens (including phenoxy) is 2. The molecular weight excluding hydrogens is 240 g/mol. The molecule has 8 nitrogen and oxygen atoms in total. The molecule has 0 saturated carbocycles. The van der Waals surface area contributed by atoms with Gasteiger partial charge in [-0.15, -0.1) is 6.58 Å². The number of nitro groups is 1. The van der Waals surface area contributed by atoms with Gasteiger partial charge >= 0.3 is 5.69 Å². The highest BCUT2D eigenvalue weighted by molar-refractivity contribution is 5.61. The van der Waals surface area contributed by atoms with Crippen LogP contribution in [0, 0.1) is 10.1 Å². The molecule has 0 aromatic carbocycles. The van der Waals surface area contributed by atoms with Crippen LogP contribution in [0.2, 0.25) is 0 Å². The molecule has 0 radical (unpaired) electrons. The Morgan fingerprint density at radius 2 is 2.33 bits per heavy atom. The van der Waals surface area contributed by atoms with E-state index in [1.807, 2.05) is 0 Å². The van der Waals surface area contributed by atoms with Crippen LogP contribution in [0.5, 0.6) is 5.88 Å². The van der Waals surface area contributed by atoms with Gasteiger partial charge < -0.3 is 14.8 Å². The van der Waals surface area contributed by atoms with Gasteiger partial charge in [-0.3, -0.25) is 10.1 Å². The third-order valence-corrected chi connectivity index (χ3v) is 1.91. The quantitative estimate of drug-likeness (QED) is 0.320. The van der Waals surface area contributed by atoms with Crippen molar-refractivity contribution < 1.29 is 14.4 Å². The van der Waals surface area contributed by atoms with Gasteiger partial charge in [0.25, 0.3) is 5.88 Å². The van der Waals surface area contributed by atoms with E-state index >= 15 is 0 Å². The third-order valence-electron chi connectivity index (χ3n) is 1.91. The Balaban J connectivity index is 2.93. The fraction of sp³-hybridized carbons (Fsp3) is 0.400. The molecule has 0 spiro atoms. The molecule has 1 N–H and O–H groups in total. The van der Waals surface area contributed by atoms with Crippen LogP contribution >= 0.6 is 0 Å². The maximum absolute atomic E-state index is 11.0. The molecule has 1 heterocycles. The topological polar surface area (TPSA) is 99.4 Å². The van der Waals surface area contributed by atoms with E-state index in [1.165, 1.54) is 13.4 Å². The monoisotopic (exact) mass is 254 g/mol. The van der Waals surface area contributed by atoms with Crippen LogP contribution < -0.4 is 10.1 Å². The van der Waals surface area contributed by atoms with Crippen molar-refractivity contribution in [2.75, 3.05) is 32.2 Å². The van der Waals surface area contributed by atoms with Crippen molar-refractivity contribution in [2.24, 2.45) is 0 Å². The van der Waals surface area contributed by atoms with E-state index in [-0.39, 0.29) is 24.0 Å².